The number of allylic oxidation sites excluding steroid dienone is 3. The molecule has 0 N–H and O–H groups in total. The number of Topliss-reactive ketones (excluding diaryl/α,β-unsaturated/α-hetero) is 1. The van der Waals surface area contributed by atoms with Gasteiger partial charge in [0.05, 0.1) is 4.92 Å². The second-order valence-corrected chi connectivity index (χ2v) is 3.28. The summed E-state index contributed by atoms with van der Waals surface area (Å²) in [5, 5.41) is 10.5. The number of carbonyl (C=O) groups is 1. The summed E-state index contributed by atoms with van der Waals surface area (Å²) in [6.45, 7) is 10.7. The van der Waals surface area contributed by atoms with Gasteiger partial charge in [-0.3, -0.25) is 14.9 Å². The molecule has 0 heterocycles. The van der Waals surface area contributed by atoms with Gasteiger partial charge in [0.25, 0.3) is 5.70 Å². The van der Waals surface area contributed by atoms with Crippen molar-refractivity contribution in [3.05, 3.63) is 33.5 Å². The van der Waals surface area contributed by atoms with Crippen LogP contribution in [0.1, 0.15) is 41.5 Å². The number of nitro groups is 1. The van der Waals surface area contributed by atoms with Crippen LogP contribution in [0.25, 0.3) is 0 Å². The highest BCUT2D eigenvalue weighted by Gasteiger charge is 2.13. The van der Waals surface area contributed by atoms with Crippen LogP contribution in [0, 0.1) is 16.0 Å². The van der Waals surface area contributed by atoms with Crippen molar-refractivity contribution in [2.75, 3.05) is 0 Å². The zero-order valence-corrected chi connectivity index (χ0v) is 10.9. The molecule has 0 radical (unpaired) electrons. The minimum atomic E-state index is -0.495. The van der Waals surface area contributed by atoms with Gasteiger partial charge in [-0.25, -0.2) is 0 Å². The first-order chi connectivity index (χ1) is 7.40. The van der Waals surface area contributed by atoms with E-state index in [2.05, 4.69) is 0 Å². The third-order valence-electron chi connectivity index (χ3n) is 1.84. The third-order valence-corrected chi connectivity index (χ3v) is 1.84. The van der Waals surface area contributed by atoms with Gasteiger partial charge in [0.1, 0.15) is 0 Å². The van der Waals surface area contributed by atoms with Gasteiger partial charge in [-0.1, -0.05) is 27.7 Å². The molecule has 0 aromatic heterocycles. The Morgan fingerprint density at radius 2 is 1.75 bits per heavy atom. The molecule has 4 heteroatoms. The molecule has 0 aliphatic carbocycles. The first-order valence-electron chi connectivity index (χ1n) is 5.43. The highest BCUT2D eigenvalue weighted by Crippen LogP contribution is 2.14. The zero-order valence-electron chi connectivity index (χ0n) is 10.9. The van der Waals surface area contributed by atoms with E-state index in [1.54, 1.807) is 6.92 Å². The predicted octanol–water partition coefficient (Wildman–Crippen LogP) is 3.36. The quantitative estimate of drug-likeness (QED) is 0.320. The molecule has 0 aromatic rings. The lowest BCUT2D eigenvalue weighted by Gasteiger charge is -2.05. The first-order valence-corrected chi connectivity index (χ1v) is 5.43. The Bertz CT molecular complexity index is 301. The van der Waals surface area contributed by atoms with Crippen LogP contribution in [0.15, 0.2) is 23.4 Å². The lowest BCUT2D eigenvalue weighted by atomic mass is 9.99. The van der Waals surface area contributed by atoms with Crippen LogP contribution in [-0.2, 0) is 4.79 Å². The van der Waals surface area contributed by atoms with Crippen LogP contribution in [0.2, 0.25) is 0 Å². The fraction of sp³-hybridized carbons (Fsp3) is 0.583. The SMILES string of the molecule is C/C=C(\C=C(\C(C)=O)C(C)C)[N+](=O)[O-].CC. The molecule has 0 aliphatic heterocycles. The molecule has 0 bridgehead atoms. The Morgan fingerprint density at radius 1 is 1.31 bits per heavy atom. The van der Waals surface area contributed by atoms with Crippen LogP contribution in [-0.4, -0.2) is 10.7 Å². The summed E-state index contributed by atoms with van der Waals surface area (Å²) in [4.78, 5) is 21.1. The Kier molecular flexibility index (Phi) is 9.36. The molecule has 0 unspecified atom stereocenters. The van der Waals surface area contributed by atoms with E-state index < -0.39 is 4.92 Å². The summed E-state index contributed by atoms with van der Waals surface area (Å²) >= 11 is 0. The third kappa shape index (κ3) is 6.11. The maximum Gasteiger partial charge on any atom is 0.265 e. The molecule has 0 saturated heterocycles. The van der Waals surface area contributed by atoms with Gasteiger partial charge in [-0.05, 0) is 25.8 Å². The summed E-state index contributed by atoms with van der Waals surface area (Å²) in [5.41, 5.74) is 0.443. The van der Waals surface area contributed by atoms with E-state index in [0.29, 0.717) is 5.57 Å². The highest BCUT2D eigenvalue weighted by atomic mass is 16.6. The van der Waals surface area contributed by atoms with Crippen molar-refractivity contribution in [3.63, 3.8) is 0 Å². The van der Waals surface area contributed by atoms with Gasteiger partial charge >= 0.3 is 0 Å². The fourth-order valence-corrected chi connectivity index (χ4v) is 1.08. The fourth-order valence-electron chi connectivity index (χ4n) is 1.08. The topological polar surface area (TPSA) is 60.2 Å². The average molecular weight is 227 g/mol. The molecule has 0 aliphatic rings. The van der Waals surface area contributed by atoms with Crippen LogP contribution in [0.3, 0.4) is 0 Å². The molecule has 0 fully saturated rings. The number of hydrogen-bond acceptors (Lipinski definition) is 3. The predicted molar refractivity (Wildman–Crippen MR) is 65.7 cm³/mol. The second-order valence-electron chi connectivity index (χ2n) is 3.28. The monoisotopic (exact) mass is 227 g/mol. The van der Waals surface area contributed by atoms with E-state index >= 15 is 0 Å². The lowest BCUT2D eigenvalue weighted by molar-refractivity contribution is -0.419. The largest absolute Gasteiger partial charge is 0.295 e. The summed E-state index contributed by atoms with van der Waals surface area (Å²) in [5.74, 6) is -0.122. The second kappa shape index (κ2) is 8.83. The van der Waals surface area contributed by atoms with Crippen molar-refractivity contribution in [1.82, 2.24) is 0 Å². The number of carbonyl (C=O) groups excluding carboxylic acids is 1. The van der Waals surface area contributed by atoms with Crippen molar-refractivity contribution in [1.29, 1.82) is 0 Å². The molecule has 0 aromatic carbocycles. The Balaban J connectivity index is 0. The van der Waals surface area contributed by atoms with Gasteiger partial charge in [-0.15, -0.1) is 0 Å². The maximum absolute atomic E-state index is 11.1. The van der Waals surface area contributed by atoms with Crippen LogP contribution in [0.5, 0.6) is 0 Å². The van der Waals surface area contributed by atoms with Crippen LogP contribution >= 0.6 is 0 Å². The molecule has 0 saturated carbocycles. The van der Waals surface area contributed by atoms with Crippen molar-refractivity contribution in [2.45, 2.75) is 41.5 Å². The van der Waals surface area contributed by atoms with E-state index in [9.17, 15) is 14.9 Å². The van der Waals surface area contributed by atoms with Crippen molar-refractivity contribution in [3.8, 4) is 0 Å². The van der Waals surface area contributed by atoms with Crippen molar-refractivity contribution >= 4 is 5.78 Å². The Labute approximate surface area is 97.2 Å². The Hall–Kier alpha value is -1.45. The van der Waals surface area contributed by atoms with Gasteiger partial charge in [-0.2, -0.15) is 0 Å². The normalized spacial score (nSPS) is 11.9. The summed E-state index contributed by atoms with van der Waals surface area (Å²) < 4.78 is 0. The standard InChI is InChI=1S/C10H15NO3.C2H6/c1-5-9(11(13)14)6-10(7(2)3)8(4)12;1-2/h5-7H,1-4H3;1-2H3/b9-5+,10-6+;. The van der Waals surface area contributed by atoms with Gasteiger partial charge in [0, 0.05) is 11.6 Å². The number of rotatable bonds is 4. The average Bonchev–Trinajstić information content (AvgIpc) is 2.20. The van der Waals surface area contributed by atoms with E-state index in [0.717, 1.165) is 0 Å². The van der Waals surface area contributed by atoms with Gasteiger partial charge < -0.3 is 0 Å². The zero-order chi connectivity index (χ0) is 13.3. The summed E-state index contributed by atoms with van der Waals surface area (Å²) in [6, 6.07) is 0. The van der Waals surface area contributed by atoms with Crippen LogP contribution < -0.4 is 0 Å². The molecule has 4 nitrogen and oxygen atoms in total. The van der Waals surface area contributed by atoms with Gasteiger partial charge in [0.2, 0.25) is 0 Å². The lowest BCUT2D eigenvalue weighted by Crippen LogP contribution is -2.06. The smallest absolute Gasteiger partial charge is 0.265 e. The van der Waals surface area contributed by atoms with Crippen molar-refractivity contribution in [2.24, 2.45) is 5.92 Å². The number of hydrogen-bond donors (Lipinski definition) is 0. The van der Waals surface area contributed by atoms with E-state index in [4.69, 9.17) is 0 Å². The van der Waals surface area contributed by atoms with E-state index in [-0.39, 0.29) is 17.4 Å². The molecule has 0 rings (SSSR count). The minimum absolute atomic E-state index is 0.00222. The molecular formula is C12H21NO3. The summed E-state index contributed by atoms with van der Waals surface area (Å²) in [6.07, 6.45) is 2.72. The molecule has 0 amide bonds. The van der Waals surface area contributed by atoms with Crippen molar-refractivity contribution < 1.29 is 9.72 Å². The molecular weight excluding hydrogens is 206 g/mol. The van der Waals surface area contributed by atoms with E-state index in [1.165, 1.54) is 19.1 Å². The Morgan fingerprint density at radius 3 is 1.94 bits per heavy atom. The minimum Gasteiger partial charge on any atom is -0.295 e. The number of ketones is 1. The highest BCUT2D eigenvalue weighted by molar-refractivity contribution is 5.94. The molecule has 0 atom stereocenters. The number of nitrogens with zero attached hydrogens (tertiary/aromatic N) is 1. The molecule has 16 heavy (non-hydrogen) atoms. The maximum atomic E-state index is 11.1. The molecule has 0 spiro atoms. The first kappa shape index (κ1) is 17.0. The molecule has 92 valence electrons. The summed E-state index contributed by atoms with van der Waals surface area (Å²) in [7, 11) is 0. The van der Waals surface area contributed by atoms with Gasteiger partial charge in [0.15, 0.2) is 5.78 Å². The van der Waals surface area contributed by atoms with Crippen LogP contribution in [0.4, 0.5) is 0 Å². The van der Waals surface area contributed by atoms with E-state index in [1.807, 2.05) is 27.7 Å².